The van der Waals surface area contributed by atoms with Crippen LogP contribution < -0.4 is 0 Å². The van der Waals surface area contributed by atoms with Gasteiger partial charge in [-0.1, -0.05) is 0 Å². The van der Waals surface area contributed by atoms with Crippen LogP contribution in [-0.4, -0.2) is 18.5 Å². The molecule has 0 rings (SSSR count). The van der Waals surface area contributed by atoms with Crippen molar-refractivity contribution in [2.24, 2.45) is 0 Å². The van der Waals surface area contributed by atoms with Crippen LogP contribution >= 0.6 is 0 Å². The van der Waals surface area contributed by atoms with Gasteiger partial charge >= 0.3 is 18.3 Å². The van der Waals surface area contributed by atoms with E-state index in [1.165, 1.54) is 0 Å². The van der Waals surface area contributed by atoms with Crippen molar-refractivity contribution in [2.75, 3.05) is 6.67 Å². The Balaban J connectivity index is 4.61. The van der Waals surface area contributed by atoms with Crippen LogP contribution in [0.5, 0.6) is 0 Å². The molecular weight excluding hydrogens is 181 g/mol. The highest BCUT2D eigenvalue weighted by Gasteiger charge is 2.64. The summed E-state index contributed by atoms with van der Waals surface area (Å²) < 4.78 is 79.1. The highest BCUT2D eigenvalue weighted by molar-refractivity contribution is 4.99. The fourth-order valence-electron chi connectivity index (χ4n) is 0.233. The molecule has 1 radical (unpaired) electrons. The first kappa shape index (κ1) is 10.5. The minimum absolute atomic E-state index is 2.81. The minimum Gasteiger partial charge on any atom is -0.247 e. The maximum absolute atomic E-state index is 11.9. The van der Waals surface area contributed by atoms with E-state index in [4.69, 9.17) is 0 Å². The molecule has 0 N–H and O–H groups in total. The van der Waals surface area contributed by atoms with Crippen molar-refractivity contribution in [3.63, 3.8) is 0 Å². The van der Waals surface area contributed by atoms with E-state index in [2.05, 4.69) is 0 Å². The third-order valence-electron chi connectivity index (χ3n) is 0.933. The molecule has 0 fully saturated rings. The molecule has 67 valence electrons. The topological polar surface area (TPSA) is 0 Å². The lowest BCUT2D eigenvalue weighted by Gasteiger charge is -2.22. The second-order valence-corrected chi connectivity index (χ2v) is 1.69. The van der Waals surface area contributed by atoms with Crippen molar-refractivity contribution in [3.8, 4) is 0 Å². The monoisotopic (exact) mass is 183 g/mol. The SMILES string of the molecule is FCC(F)([C](F)F)C(F)(F)F. The fraction of sp³-hybridized carbons (Fsp3) is 0.750. The van der Waals surface area contributed by atoms with Crippen LogP contribution in [0.1, 0.15) is 0 Å². The van der Waals surface area contributed by atoms with Gasteiger partial charge in [-0.2, -0.15) is 22.0 Å². The molecule has 0 aromatic carbocycles. The van der Waals surface area contributed by atoms with E-state index in [1.54, 1.807) is 0 Å². The summed E-state index contributed by atoms with van der Waals surface area (Å²) in [6, 6.07) is 0. The number of halogens is 7. The average molecular weight is 183 g/mol. The molecule has 0 aromatic rings. The van der Waals surface area contributed by atoms with E-state index in [1.807, 2.05) is 0 Å². The summed E-state index contributed by atoms with van der Waals surface area (Å²) in [5, 5.41) is 0. The summed E-state index contributed by atoms with van der Waals surface area (Å²) >= 11 is 0. The Bertz CT molecular complexity index is 127. The van der Waals surface area contributed by atoms with Gasteiger partial charge in [-0.3, -0.25) is 0 Å². The number of rotatable bonds is 2. The van der Waals surface area contributed by atoms with Crippen LogP contribution in [0, 0.1) is 6.43 Å². The zero-order chi connectivity index (χ0) is 9.28. The molecule has 0 aliphatic carbocycles. The van der Waals surface area contributed by atoms with Gasteiger partial charge in [0, 0.05) is 0 Å². The molecule has 0 aliphatic heterocycles. The molecule has 11 heavy (non-hydrogen) atoms. The quantitative estimate of drug-likeness (QED) is 0.577. The molecule has 0 heterocycles. The molecule has 0 aromatic heterocycles. The third-order valence-corrected chi connectivity index (χ3v) is 0.933. The minimum atomic E-state index is -5.90. The van der Waals surface area contributed by atoms with E-state index in [0.717, 1.165) is 0 Å². The van der Waals surface area contributed by atoms with Crippen molar-refractivity contribution in [1.29, 1.82) is 0 Å². The Kier molecular flexibility index (Phi) is 2.74. The first-order valence-electron chi connectivity index (χ1n) is 2.25. The standard InChI is InChI=1S/C4H2F7/c5-1-3(8,2(6)7)4(9,10)11/h1H2. The van der Waals surface area contributed by atoms with Crippen molar-refractivity contribution in [3.05, 3.63) is 6.43 Å². The van der Waals surface area contributed by atoms with E-state index in [-0.39, 0.29) is 0 Å². The van der Waals surface area contributed by atoms with Crippen molar-refractivity contribution in [1.82, 2.24) is 0 Å². The van der Waals surface area contributed by atoms with E-state index >= 15 is 0 Å². The first-order valence-corrected chi connectivity index (χ1v) is 2.25. The van der Waals surface area contributed by atoms with E-state index in [9.17, 15) is 30.7 Å². The zero-order valence-electron chi connectivity index (χ0n) is 4.85. The predicted octanol–water partition coefficient (Wildman–Crippen LogP) is 2.65. The van der Waals surface area contributed by atoms with Gasteiger partial charge in [0.1, 0.15) is 6.67 Å². The number of hydrogen-bond donors (Lipinski definition) is 0. The number of alkyl halides is 5. The molecule has 0 amide bonds. The Labute approximate surface area is 57.0 Å². The first-order chi connectivity index (χ1) is 4.75. The normalized spacial score (nSPS) is 18.5. The maximum Gasteiger partial charge on any atom is 0.431 e. The molecule has 0 saturated heterocycles. The van der Waals surface area contributed by atoms with Crippen molar-refractivity contribution in [2.45, 2.75) is 11.8 Å². The molecule has 0 aliphatic rings. The summed E-state index contributed by atoms with van der Waals surface area (Å²) in [6.07, 6.45) is -9.52. The highest BCUT2D eigenvalue weighted by Crippen LogP contribution is 2.42. The largest absolute Gasteiger partial charge is 0.431 e. The van der Waals surface area contributed by atoms with Crippen LogP contribution in [0.4, 0.5) is 30.7 Å². The second kappa shape index (κ2) is 2.86. The van der Waals surface area contributed by atoms with Gasteiger partial charge in [0.15, 0.2) is 0 Å². The lowest BCUT2D eigenvalue weighted by Crippen LogP contribution is -2.45. The van der Waals surface area contributed by atoms with Crippen molar-refractivity contribution >= 4 is 0 Å². The zero-order valence-corrected chi connectivity index (χ0v) is 4.85. The highest BCUT2D eigenvalue weighted by atomic mass is 19.4. The molecule has 0 nitrogen and oxygen atoms in total. The van der Waals surface area contributed by atoms with Crippen LogP contribution in [0.3, 0.4) is 0 Å². The lowest BCUT2D eigenvalue weighted by molar-refractivity contribution is -0.246. The summed E-state index contributed by atoms with van der Waals surface area (Å²) in [5.41, 5.74) is -5.10. The Hall–Kier alpha value is -0.490. The Morgan fingerprint density at radius 3 is 1.36 bits per heavy atom. The smallest absolute Gasteiger partial charge is 0.247 e. The lowest BCUT2D eigenvalue weighted by atomic mass is 10.1. The summed E-state index contributed by atoms with van der Waals surface area (Å²) in [7, 11) is 0. The van der Waals surface area contributed by atoms with Gasteiger partial charge in [0.25, 0.3) is 0 Å². The number of hydrogen-bond acceptors (Lipinski definition) is 0. The third kappa shape index (κ3) is 1.75. The van der Waals surface area contributed by atoms with E-state index in [0.29, 0.717) is 0 Å². The summed E-state index contributed by atoms with van der Waals surface area (Å²) in [6.45, 7) is -2.81. The summed E-state index contributed by atoms with van der Waals surface area (Å²) in [5.74, 6) is 0. The maximum atomic E-state index is 11.9. The van der Waals surface area contributed by atoms with Gasteiger partial charge in [0.2, 0.25) is 0 Å². The molecule has 0 spiro atoms. The van der Waals surface area contributed by atoms with Crippen LogP contribution in [0.25, 0.3) is 0 Å². The van der Waals surface area contributed by atoms with E-state index < -0.39 is 24.9 Å². The van der Waals surface area contributed by atoms with Gasteiger partial charge < -0.3 is 0 Å². The van der Waals surface area contributed by atoms with Gasteiger partial charge in [-0.05, 0) is 0 Å². The average Bonchev–Trinajstić information content (AvgIpc) is 1.83. The Morgan fingerprint density at radius 1 is 1.00 bits per heavy atom. The Morgan fingerprint density at radius 2 is 1.36 bits per heavy atom. The molecule has 7 heteroatoms. The van der Waals surface area contributed by atoms with Crippen LogP contribution in [0.2, 0.25) is 0 Å². The molecule has 0 bridgehead atoms. The van der Waals surface area contributed by atoms with Gasteiger partial charge in [0.05, 0.1) is 0 Å². The second-order valence-electron chi connectivity index (χ2n) is 1.69. The van der Waals surface area contributed by atoms with Gasteiger partial charge in [-0.25, -0.2) is 8.78 Å². The fourth-order valence-corrected chi connectivity index (χ4v) is 0.233. The summed E-state index contributed by atoms with van der Waals surface area (Å²) in [4.78, 5) is 0. The van der Waals surface area contributed by atoms with Gasteiger partial charge in [-0.15, -0.1) is 0 Å². The molecule has 0 saturated carbocycles. The molecular formula is C4H2F7. The predicted molar refractivity (Wildman–Crippen MR) is 21.3 cm³/mol. The van der Waals surface area contributed by atoms with Crippen molar-refractivity contribution < 1.29 is 30.7 Å². The van der Waals surface area contributed by atoms with Crippen LogP contribution in [-0.2, 0) is 0 Å². The van der Waals surface area contributed by atoms with Crippen LogP contribution in [0.15, 0.2) is 0 Å². The molecule has 1 atom stereocenters. The molecule has 1 unspecified atom stereocenters.